The highest BCUT2D eigenvalue weighted by molar-refractivity contribution is 5.93. The van der Waals surface area contributed by atoms with Gasteiger partial charge in [0.25, 0.3) is 0 Å². The number of hydrogen-bond donors (Lipinski definition) is 2. The van der Waals surface area contributed by atoms with Crippen LogP contribution in [-0.4, -0.2) is 23.5 Å². The summed E-state index contributed by atoms with van der Waals surface area (Å²) < 4.78 is 0. The minimum Gasteiger partial charge on any atom is -0.481 e. The van der Waals surface area contributed by atoms with Crippen molar-refractivity contribution in [2.75, 3.05) is 6.54 Å². The van der Waals surface area contributed by atoms with Crippen molar-refractivity contribution in [1.82, 2.24) is 5.32 Å². The van der Waals surface area contributed by atoms with E-state index in [1.54, 1.807) is 0 Å². The van der Waals surface area contributed by atoms with Crippen LogP contribution in [0.5, 0.6) is 0 Å². The van der Waals surface area contributed by atoms with Gasteiger partial charge in [-0.05, 0) is 23.0 Å². The third-order valence-electron chi connectivity index (χ3n) is 2.87. The number of benzene rings is 1. The van der Waals surface area contributed by atoms with Crippen LogP contribution < -0.4 is 5.32 Å². The summed E-state index contributed by atoms with van der Waals surface area (Å²) in [6.07, 6.45) is 0.235. The standard InChI is InChI=1S/C15H21NO3/c1-15(2,3)12-6-4-11(5-7-12)8-9-16-13(17)10-14(18)19/h4-7H,8-10H2,1-3H3,(H,16,17)(H,18,19). The SMILES string of the molecule is CC(C)(C)c1ccc(CCNC(=O)CC(=O)O)cc1. The van der Waals surface area contributed by atoms with E-state index in [-0.39, 0.29) is 5.41 Å². The van der Waals surface area contributed by atoms with Gasteiger partial charge in [0, 0.05) is 6.54 Å². The van der Waals surface area contributed by atoms with E-state index in [0.29, 0.717) is 13.0 Å². The molecule has 4 heteroatoms. The van der Waals surface area contributed by atoms with Crippen LogP contribution in [0.2, 0.25) is 0 Å². The van der Waals surface area contributed by atoms with Crippen LogP contribution >= 0.6 is 0 Å². The van der Waals surface area contributed by atoms with Crippen LogP contribution in [0.15, 0.2) is 24.3 Å². The number of aliphatic carboxylic acids is 1. The predicted octanol–water partition coefficient (Wildman–Crippen LogP) is 2.12. The van der Waals surface area contributed by atoms with Crippen molar-refractivity contribution in [3.8, 4) is 0 Å². The third-order valence-corrected chi connectivity index (χ3v) is 2.87. The lowest BCUT2D eigenvalue weighted by Gasteiger charge is -2.19. The smallest absolute Gasteiger partial charge is 0.312 e. The summed E-state index contributed by atoms with van der Waals surface area (Å²) in [5, 5.41) is 11.0. The van der Waals surface area contributed by atoms with E-state index >= 15 is 0 Å². The number of carboxylic acid groups (broad SMARTS) is 1. The van der Waals surface area contributed by atoms with Gasteiger partial charge in [0.1, 0.15) is 6.42 Å². The van der Waals surface area contributed by atoms with Crippen molar-refractivity contribution < 1.29 is 14.7 Å². The Morgan fingerprint density at radius 1 is 1.16 bits per heavy atom. The summed E-state index contributed by atoms with van der Waals surface area (Å²) in [6.45, 7) is 6.94. The maximum atomic E-state index is 11.1. The van der Waals surface area contributed by atoms with E-state index in [9.17, 15) is 9.59 Å². The molecule has 104 valence electrons. The van der Waals surface area contributed by atoms with Crippen LogP contribution in [0.25, 0.3) is 0 Å². The average molecular weight is 263 g/mol. The quantitative estimate of drug-likeness (QED) is 0.800. The van der Waals surface area contributed by atoms with E-state index in [1.807, 2.05) is 12.1 Å². The van der Waals surface area contributed by atoms with Crippen molar-refractivity contribution in [1.29, 1.82) is 0 Å². The molecule has 0 saturated carbocycles. The van der Waals surface area contributed by atoms with Crippen LogP contribution in [-0.2, 0) is 21.4 Å². The summed E-state index contributed by atoms with van der Waals surface area (Å²) in [5.41, 5.74) is 2.53. The van der Waals surface area contributed by atoms with Gasteiger partial charge < -0.3 is 10.4 Å². The predicted molar refractivity (Wildman–Crippen MR) is 74.1 cm³/mol. The second-order valence-corrected chi connectivity index (χ2v) is 5.62. The third kappa shape index (κ3) is 5.55. The fraction of sp³-hybridized carbons (Fsp3) is 0.467. The Bertz CT molecular complexity index is 443. The highest BCUT2D eigenvalue weighted by Crippen LogP contribution is 2.22. The largest absolute Gasteiger partial charge is 0.481 e. The van der Waals surface area contributed by atoms with Crippen LogP contribution in [0, 0.1) is 0 Å². The second kappa shape index (κ2) is 6.36. The molecule has 0 aliphatic rings. The zero-order valence-electron chi connectivity index (χ0n) is 11.7. The minimum atomic E-state index is -1.10. The van der Waals surface area contributed by atoms with Gasteiger partial charge in [-0.15, -0.1) is 0 Å². The van der Waals surface area contributed by atoms with Gasteiger partial charge in [-0.25, -0.2) is 0 Å². The van der Waals surface area contributed by atoms with Gasteiger partial charge >= 0.3 is 5.97 Å². The first-order chi connectivity index (χ1) is 8.79. The molecule has 1 rings (SSSR count). The molecule has 2 N–H and O–H groups in total. The van der Waals surface area contributed by atoms with Gasteiger partial charge in [0.15, 0.2) is 0 Å². The summed E-state index contributed by atoms with van der Waals surface area (Å²) in [7, 11) is 0. The summed E-state index contributed by atoms with van der Waals surface area (Å²) in [4.78, 5) is 21.5. The molecule has 1 aromatic carbocycles. The maximum Gasteiger partial charge on any atom is 0.312 e. The number of carbonyl (C=O) groups is 2. The highest BCUT2D eigenvalue weighted by Gasteiger charge is 2.12. The molecule has 0 fully saturated rings. The molecule has 19 heavy (non-hydrogen) atoms. The van der Waals surface area contributed by atoms with Crippen LogP contribution in [0.3, 0.4) is 0 Å². The Kier molecular flexibility index (Phi) is 5.10. The molecule has 0 atom stereocenters. The van der Waals surface area contributed by atoms with Crippen LogP contribution in [0.1, 0.15) is 38.3 Å². The van der Waals surface area contributed by atoms with E-state index < -0.39 is 18.3 Å². The van der Waals surface area contributed by atoms with Crippen molar-refractivity contribution in [2.45, 2.75) is 39.0 Å². The number of carbonyl (C=O) groups excluding carboxylic acids is 1. The molecule has 1 amide bonds. The number of rotatable bonds is 5. The van der Waals surface area contributed by atoms with Gasteiger partial charge in [-0.3, -0.25) is 9.59 Å². The van der Waals surface area contributed by atoms with E-state index in [0.717, 1.165) is 5.56 Å². The van der Waals surface area contributed by atoms with Gasteiger partial charge in [0.2, 0.25) is 5.91 Å². The molecule has 4 nitrogen and oxygen atoms in total. The zero-order valence-corrected chi connectivity index (χ0v) is 11.7. The van der Waals surface area contributed by atoms with Gasteiger partial charge in [-0.1, -0.05) is 45.0 Å². The zero-order chi connectivity index (χ0) is 14.5. The lowest BCUT2D eigenvalue weighted by molar-refractivity contribution is -0.140. The molecule has 0 aliphatic heterocycles. The molecule has 0 aromatic heterocycles. The van der Waals surface area contributed by atoms with Crippen molar-refractivity contribution >= 4 is 11.9 Å². The molecular formula is C15H21NO3. The van der Waals surface area contributed by atoms with Crippen molar-refractivity contribution in [2.24, 2.45) is 0 Å². The lowest BCUT2D eigenvalue weighted by atomic mass is 9.86. The fourth-order valence-corrected chi connectivity index (χ4v) is 1.72. The molecule has 0 unspecified atom stereocenters. The Morgan fingerprint density at radius 2 is 1.74 bits per heavy atom. The summed E-state index contributed by atoms with van der Waals surface area (Å²) >= 11 is 0. The average Bonchev–Trinajstić information content (AvgIpc) is 2.27. The van der Waals surface area contributed by atoms with Crippen molar-refractivity contribution in [3.05, 3.63) is 35.4 Å². The Morgan fingerprint density at radius 3 is 2.21 bits per heavy atom. The van der Waals surface area contributed by atoms with Crippen molar-refractivity contribution in [3.63, 3.8) is 0 Å². The molecular weight excluding hydrogens is 242 g/mol. The first kappa shape index (κ1) is 15.2. The Hall–Kier alpha value is -1.84. The molecule has 0 radical (unpaired) electrons. The first-order valence-electron chi connectivity index (χ1n) is 6.37. The fourth-order valence-electron chi connectivity index (χ4n) is 1.72. The topological polar surface area (TPSA) is 66.4 Å². The van der Waals surface area contributed by atoms with Crippen LogP contribution in [0.4, 0.5) is 0 Å². The second-order valence-electron chi connectivity index (χ2n) is 5.62. The minimum absolute atomic E-state index is 0.133. The Balaban J connectivity index is 2.42. The Labute approximate surface area is 113 Å². The maximum absolute atomic E-state index is 11.1. The van der Waals surface area contributed by atoms with E-state index in [4.69, 9.17) is 5.11 Å². The number of nitrogens with one attached hydrogen (secondary N) is 1. The summed E-state index contributed by atoms with van der Waals surface area (Å²) in [5.74, 6) is -1.55. The summed E-state index contributed by atoms with van der Waals surface area (Å²) in [6, 6.07) is 8.27. The number of carboxylic acids is 1. The monoisotopic (exact) mass is 263 g/mol. The van der Waals surface area contributed by atoms with Gasteiger partial charge in [-0.2, -0.15) is 0 Å². The van der Waals surface area contributed by atoms with E-state index in [2.05, 4.69) is 38.2 Å². The van der Waals surface area contributed by atoms with Gasteiger partial charge in [0.05, 0.1) is 0 Å². The highest BCUT2D eigenvalue weighted by atomic mass is 16.4. The molecule has 1 aromatic rings. The normalized spacial score (nSPS) is 11.1. The number of hydrogen-bond acceptors (Lipinski definition) is 2. The number of amides is 1. The molecule has 0 heterocycles. The van der Waals surface area contributed by atoms with E-state index in [1.165, 1.54) is 5.56 Å². The lowest BCUT2D eigenvalue weighted by Crippen LogP contribution is -2.27. The molecule has 0 aliphatic carbocycles. The molecule has 0 bridgehead atoms. The molecule has 0 saturated heterocycles. The molecule has 0 spiro atoms. The first-order valence-corrected chi connectivity index (χ1v) is 6.37.